The Morgan fingerprint density at radius 3 is 2.58 bits per heavy atom. The van der Waals surface area contributed by atoms with Crippen LogP contribution in [-0.4, -0.2) is 33.5 Å². The molecule has 0 saturated carbocycles. The number of aromatic nitrogens is 3. The summed E-state index contributed by atoms with van der Waals surface area (Å²) < 4.78 is 1.83. The van der Waals surface area contributed by atoms with Crippen molar-refractivity contribution in [3.8, 4) is 11.4 Å². The zero-order chi connectivity index (χ0) is 16.7. The van der Waals surface area contributed by atoms with E-state index < -0.39 is 0 Å². The standard InChI is InChI=1S/C17H13N5OS/c1-21-13-10-6-5-9-12(13)14(16(21)23)20-22-15(18-19-17(22)24)11-7-3-2-4-8-11/h2-10H,1H3,(H,19,24)/b20-14-. The minimum Gasteiger partial charge on any atom is -0.309 e. The molecule has 24 heavy (non-hydrogen) atoms. The van der Waals surface area contributed by atoms with Gasteiger partial charge >= 0.3 is 0 Å². The third kappa shape index (κ3) is 2.17. The van der Waals surface area contributed by atoms with Crippen LogP contribution in [0.4, 0.5) is 5.69 Å². The van der Waals surface area contributed by atoms with Gasteiger partial charge in [-0.15, -0.1) is 0 Å². The zero-order valence-electron chi connectivity index (χ0n) is 12.8. The minimum atomic E-state index is -0.168. The Bertz CT molecular complexity index is 1020. The number of hydrogen-bond donors (Lipinski definition) is 1. The van der Waals surface area contributed by atoms with Gasteiger partial charge in [-0.3, -0.25) is 4.79 Å². The summed E-state index contributed by atoms with van der Waals surface area (Å²) in [6.45, 7) is 0. The predicted octanol–water partition coefficient (Wildman–Crippen LogP) is 2.84. The Balaban J connectivity index is 1.91. The molecule has 1 aliphatic heterocycles. The first-order chi connectivity index (χ1) is 11.7. The van der Waals surface area contributed by atoms with Crippen LogP contribution in [0.25, 0.3) is 11.4 Å². The highest BCUT2D eigenvalue weighted by molar-refractivity contribution is 7.71. The van der Waals surface area contributed by atoms with Crippen molar-refractivity contribution in [2.24, 2.45) is 5.10 Å². The fraction of sp³-hybridized carbons (Fsp3) is 0.0588. The van der Waals surface area contributed by atoms with Crippen molar-refractivity contribution in [3.05, 3.63) is 64.9 Å². The van der Waals surface area contributed by atoms with E-state index in [9.17, 15) is 4.79 Å². The molecular formula is C17H13N5OS. The maximum absolute atomic E-state index is 12.6. The molecule has 6 nitrogen and oxygen atoms in total. The Hall–Kier alpha value is -3.06. The summed E-state index contributed by atoms with van der Waals surface area (Å²) in [4.78, 5) is 14.1. The van der Waals surface area contributed by atoms with Crippen LogP contribution in [0.3, 0.4) is 0 Å². The summed E-state index contributed by atoms with van der Waals surface area (Å²) in [6, 6.07) is 17.1. The number of amides is 1. The highest BCUT2D eigenvalue weighted by Crippen LogP contribution is 2.28. The molecule has 0 atom stereocenters. The average molecular weight is 335 g/mol. The molecule has 0 aliphatic carbocycles. The number of carbonyl (C=O) groups excluding carboxylic acids is 1. The molecule has 0 radical (unpaired) electrons. The van der Waals surface area contributed by atoms with E-state index in [4.69, 9.17) is 12.2 Å². The molecule has 1 N–H and O–H groups in total. The zero-order valence-corrected chi connectivity index (χ0v) is 13.6. The number of nitrogens with one attached hydrogen (secondary N) is 1. The second-order valence-electron chi connectivity index (χ2n) is 5.36. The van der Waals surface area contributed by atoms with Gasteiger partial charge in [-0.2, -0.15) is 14.9 Å². The minimum absolute atomic E-state index is 0.168. The molecule has 1 amide bonds. The fourth-order valence-corrected chi connectivity index (χ4v) is 2.88. The van der Waals surface area contributed by atoms with Crippen LogP contribution >= 0.6 is 12.2 Å². The number of H-pyrrole nitrogens is 1. The third-order valence-electron chi connectivity index (χ3n) is 3.91. The van der Waals surface area contributed by atoms with Gasteiger partial charge < -0.3 is 4.90 Å². The Morgan fingerprint density at radius 1 is 1.08 bits per heavy atom. The second-order valence-corrected chi connectivity index (χ2v) is 5.75. The summed E-state index contributed by atoms with van der Waals surface area (Å²) in [5.74, 6) is 0.395. The topological polar surface area (TPSA) is 66.3 Å². The van der Waals surface area contributed by atoms with Crippen molar-refractivity contribution in [2.75, 3.05) is 11.9 Å². The van der Waals surface area contributed by atoms with Gasteiger partial charge in [-0.1, -0.05) is 48.5 Å². The number of hydrogen-bond acceptors (Lipinski definition) is 4. The molecular weight excluding hydrogens is 322 g/mol. The van der Waals surface area contributed by atoms with E-state index in [1.54, 1.807) is 11.9 Å². The van der Waals surface area contributed by atoms with Crippen LogP contribution in [0.15, 0.2) is 59.7 Å². The highest BCUT2D eigenvalue weighted by Gasteiger charge is 2.31. The van der Waals surface area contributed by atoms with Gasteiger partial charge in [-0.05, 0) is 18.3 Å². The molecule has 7 heteroatoms. The van der Waals surface area contributed by atoms with E-state index in [0.717, 1.165) is 16.8 Å². The summed E-state index contributed by atoms with van der Waals surface area (Å²) in [5.41, 5.74) is 2.83. The van der Waals surface area contributed by atoms with Crippen LogP contribution in [-0.2, 0) is 4.79 Å². The summed E-state index contributed by atoms with van der Waals surface area (Å²) >= 11 is 5.29. The molecule has 4 rings (SSSR count). The smallest absolute Gasteiger partial charge is 0.279 e. The summed E-state index contributed by atoms with van der Waals surface area (Å²) in [7, 11) is 1.73. The Morgan fingerprint density at radius 2 is 1.79 bits per heavy atom. The van der Waals surface area contributed by atoms with Gasteiger partial charge in [0.05, 0.1) is 5.69 Å². The van der Waals surface area contributed by atoms with Crippen molar-refractivity contribution in [2.45, 2.75) is 0 Å². The number of aromatic amines is 1. The van der Waals surface area contributed by atoms with Crippen molar-refractivity contribution in [1.29, 1.82) is 0 Å². The molecule has 0 bridgehead atoms. The monoisotopic (exact) mass is 335 g/mol. The van der Waals surface area contributed by atoms with E-state index >= 15 is 0 Å². The molecule has 3 aromatic rings. The van der Waals surface area contributed by atoms with E-state index in [0.29, 0.717) is 16.3 Å². The highest BCUT2D eigenvalue weighted by atomic mass is 32.1. The SMILES string of the molecule is CN1C(=O)/C(=N\n2c(-c3ccccc3)n[nH]c2=S)c2ccccc21. The first-order valence-corrected chi connectivity index (χ1v) is 7.77. The van der Waals surface area contributed by atoms with Crippen LogP contribution in [0.1, 0.15) is 5.56 Å². The number of rotatable bonds is 2. The molecule has 0 fully saturated rings. The van der Waals surface area contributed by atoms with Crippen LogP contribution in [0.5, 0.6) is 0 Å². The molecule has 118 valence electrons. The lowest BCUT2D eigenvalue weighted by Gasteiger charge is -2.07. The van der Waals surface area contributed by atoms with E-state index in [1.165, 1.54) is 4.68 Å². The molecule has 0 unspecified atom stereocenters. The van der Waals surface area contributed by atoms with Crippen molar-refractivity contribution in [1.82, 2.24) is 14.9 Å². The largest absolute Gasteiger partial charge is 0.309 e. The van der Waals surface area contributed by atoms with Crippen LogP contribution in [0, 0.1) is 4.77 Å². The van der Waals surface area contributed by atoms with Crippen LogP contribution < -0.4 is 4.90 Å². The van der Waals surface area contributed by atoms with Gasteiger partial charge in [0.15, 0.2) is 11.5 Å². The van der Waals surface area contributed by atoms with E-state index in [-0.39, 0.29) is 5.91 Å². The molecule has 1 aromatic heterocycles. The second kappa shape index (κ2) is 5.54. The summed E-state index contributed by atoms with van der Waals surface area (Å²) in [6.07, 6.45) is 0. The molecule has 2 aromatic carbocycles. The number of para-hydroxylation sites is 1. The number of anilines is 1. The predicted molar refractivity (Wildman–Crippen MR) is 94.6 cm³/mol. The molecule has 0 saturated heterocycles. The van der Waals surface area contributed by atoms with E-state index in [1.807, 2.05) is 54.6 Å². The maximum Gasteiger partial charge on any atom is 0.279 e. The van der Waals surface area contributed by atoms with Gasteiger partial charge in [0.2, 0.25) is 4.77 Å². The lowest BCUT2D eigenvalue weighted by atomic mass is 10.1. The van der Waals surface area contributed by atoms with Gasteiger partial charge in [0.25, 0.3) is 5.91 Å². The van der Waals surface area contributed by atoms with Crippen molar-refractivity contribution in [3.63, 3.8) is 0 Å². The fourth-order valence-electron chi connectivity index (χ4n) is 2.70. The van der Waals surface area contributed by atoms with Gasteiger partial charge in [0, 0.05) is 18.2 Å². The Kier molecular flexibility index (Phi) is 3.35. The number of fused-ring (bicyclic) bond motifs is 1. The summed E-state index contributed by atoms with van der Waals surface area (Å²) in [5, 5.41) is 11.5. The normalized spacial score (nSPS) is 15.1. The van der Waals surface area contributed by atoms with Gasteiger partial charge in [-0.25, -0.2) is 5.10 Å². The first-order valence-electron chi connectivity index (χ1n) is 7.36. The van der Waals surface area contributed by atoms with E-state index in [2.05, 4.69) is 15.3 Å². The number of carbonyl (C=O) groups is 1. The van der Waals surface area contributed by atoms with Crippen molar-refractivity contribution < 1.29 is 4.79 Å². The van der Waals surface area contributed by atoms with Crippen LogP contribution in [0.2, 0.25) is 0 Å². The molecule has 0 spiro atoms. The quantitative estimate of drug-likeness (QED) is 0.732. The average Bonchev–Trinajstić information content (AvgIpc) is 3.10. The lowest BCUT2D eigenvalue weighted by molar-refractivity contribution is -0.112. The molecule has 1 aliphatic rings. The maximum atomic E-state index is 12.6. The number of nitrogens with zero attached hydrogens (tertiary/aromatic N) is 4. The molecule has 2 heterocycles. The van der Waals surface area contributed by atoms with Gasteiger partial charge in [0.1, 0.15) is 0 Å². The third-order valence-corrected chi connectivity index (χ3v) is 4.17. The lowest BCUT2D eigenvalue weighted by Crippen LogP contribution is -2.26. The number of likely N-dealkylation sites (N-methyl/N-ethyl adjacent to an activating group) is 1. The first kappa shape index (κ1) is 14.5. The Labute approximate surface area is 143 Å². The number of benzene rings is 2. The van der Waals surface area contributed by atoms with Crippen molar-refractivity contribution >= 4 is 29.5 Å².